The summed E-state index contributed by atoms with van der Waals surface area (Å²) >= 11 is 6.03. The summed E-state index contributed by atoms with van der Waals surface area (Å²) in [5.41, 5.74) is 7.42. The fourth-order valence-electron chi connectivity index (χ4n) is 7.97. The number of likely N-dealkylation sites (N-methyl/N-ethyl adjacent to an activating group) is 1. The molecule has 0 aliphatic carbocycles. The number of carboxylic acid groups (broad SMARTS) is 1. The van der Waals surface area contributed by atoms with E-state index in [0.717, 1.165) is 75.6 Å². The highest BCUT2D eigenvalue weighted by Gasteiger charge is 2.39. The molecule has 3 N–H and O–H groups in total. The number of amides is 3. The van der Waals surface area contributed by atoms with E-state index in [0.29, 0.717) is 35.9 Å². The van der Waals surface area contributed by atoms with Gasteiger partial charge in [-0.25, -0.2) is 14.8 Å². The van der Waals surface area contributed by atoms with Crippen molar-refractivity contribution in [1.82, 2.24) is 34.6 Å². The molecule has 4 heterocycles. The van der Waals surface area contributed by atoms with Crippen LogP contribution in [0.4, 0.5) is 4.79 Å². The second kappa shape index (κ2) is 15.9. The van der Waals surface area contributed by atoms with Gasteiger partial charge in [-0.2, -0.15) is 0 Å². The number of aromatic amines is 2. The van der Waals surface area contributed by atoms with E-state index in [4.69, 9.17) is 16.6 Å². The standard InChI is InChI=1S/C44H42ClN7O4/c1-50(44(55)56)40(33-7-3-2-4-8-33)43(54)52-24-6-10-38(52)42-47-27-36(49-42)32-19-15-30(16-20-32)29-13-17-31(18-14-29)35-26-46-41(48-35)37-9-5-23-51(37)39(53)25-28-11-21-34(45)22-12-28/h2-4,7-8,11-22,26-27,37-38,40H,5-6,9-10,23-25H2,1H3,(H,46,48)(H,47,49)(H,55,56)/t37-,38-,40+/m0/s1. The lowest BCUT2D eigenvalue weighted by atomic mass is 10.0. The van der Waals surface area contributed by atoms with Crippen LogP contribution in [0.1, 0.15) is 66.6 Å². The SMILES string of the molecule is CN(C(=O)O)[C@@H](C(=O)N1CCC[C@H]1c1ncc(-c2ccc(-c3ccc(-c4cnc([C@@H]5CCCN5C(=O)Cc5ccc(Cl)cc5)[nH]4)cc3)cc2)[nH]1)c1ccccc1. The highest BCUT2D eigenvalue weighted by atomic mass is 35.5. The predicted molar refractivity (Wildman–Crippen MR) is 215 cm³/mol. The molecule has 0 unspecified atom stereocenters. The maximum atomic E-state index is 13.9. The molecule has 2 aliphatic rings. The van der Waals surface area contributed by atoms with Gasteiger partial charge >= 0.3 is 6.09 Å². The first-order valence-corrected chi connectivity index (χ1v) is 19.3. The van der Waals surface area contributed by atoms with Crippen LogP contribution in [0.25, 0.3) is 33.6 Å². The number of nitrogens with one attached hydrogen (secondary N) is 2. The van der Waals surface area contributed by atoms with Gasteiger partial charge in [-0.05, 0) is 71.2 Å². The van der Waals surface area contributed by atoms with E-state index in [9.17, 15) is 19.5 Å². The predicted octanol–water partition coefficient (Wildman–Crippen LogP) is 8.71. The van der Waals surface area contributed by atoms with Gasteiger partial charge in [-0.15, -0.1) is 0 Å². The van der Waals surface area contributed by atoms with Crippen LogP contribution < -0.4 is 0 Å². The van der Waals surface area contributed by atoms with Gasteiger partial charge in [-0.1, -0.05) is 103 Å². The number of H-pyrrole nitrogens is 2. The van der Waals surface area contributed by atoms with Crippen molar-refractivity contribution >= 4 is 29.5 Å². The molecular weight excluding hydrogens is 726 g/mol. The maximum absolute atomic E-state index is 13.9. The van der Waals surface area contributed by atoms with E-state index in [1.165, 1.54) is 7.05 Å². The van der Waals surface area contributed by atoms with Crippen LogP contribution in [-0.2, 0) is 16.0 Å². The largest absolute Gasteiger partial charge is 0.465 e. The highest BCUT2D eigenvalue weighted by Crippen LogP contribution is 2.36. The third-order valence-electron chi connectivity index (χ3n) is 11.0. The Hall–Kier alpha value is -6.20. The molecule has 2 aliphatic heterocycles. The molecular formula is C44H42ClN7O4. The van der Waals surface area contributed by atoms with Crippen LogP contribution in [-0.4, -0.2) is 77.8 Å². The van der Waals surface area contributed by atoms with Crippen molar-refractivity contribution in [2.75, 3.05) is 20.1 Å². The Labute approximate surface area is 330 Å². The molecule has 0 saturated carbocycles. The Morgan fingerprint density at radius 1 is 0.732 bits per heavy atom. The van der Waals surface area contributed by atoms with Crippen LogP contribution in [0.2, 0.25) is 5.02 Å². The number of carbonyl (C=O) groups excluding carboxylic acids is 2. The van der Waals surface area contributed by atoms with Crippen molar-refractivity contribution in [3.05, 3.63) is 143 Å². The molecule has 2 saturated heterocycles. The number of likely N-dealkylation sites (tertiary alicyclic amines) is 2. The first-order chi connectivity index (χ1) is 27.2. The molecule has 0 spiro atoms. The summed E-state index contributed by atoms with van der Waals surface area (Å²) in [6.07, 6.45) is 6.13. The van der Waals surface area contributed by atoms with Crippen LogP contribution in [0.15, 0.2) is 116 Å². The van der Waals surface area contributed by atoms with Crippen LogP contribution in [0.5, 0.6) is 0 Å². The van der Waals surface area contributed by atoms with Gasteiger partial charge in [0.25, 0.3) is 5.91 Å². The zero-order valence-electron chi connectivity index (χ0n) is 30.9. The monoisotopic (exact) mass is 767 g/mol. The van der Waals surface area contributed by atoms with E-state index in [-0.39, 0.29) is 23.9 Å². The first kappa shape index (κ1) is 36.8. The average Bonchev–Trinajstić information content (AvgIpc) is 4.06. The molecule has 3 atom stereocenters. The van der Waals surface area contributed by atoms with Crippen molar-refractivity contribution in [2.24, 2.45) is 0 Å². The zero-order chi connectivity index (χ0) is 38.8. The Morgan fingerprint density at radius 3 is 1.77 bits per heavy atom. The van der Waals surface area contributed by atoms with Gasteiger partial charge in [0.2, 0.25) is 5.91 Å². The van der Waals surface area contributed by atoms with Gasteiger partial charge in [0.05, 0.1) is 42.3 Å². The molecule has 284 valence electrons. The third kappa shape index (κ3) is 7.54. The maximum Gasteiger partial charge on any atom is 0.407 e. The third-order valence-corrected chi connectivity index (χ3v) is 11.2. The number of nitrogens with zero attached hydrogens (tertiary/aromatic N) is 5. The molecule has 0 radical (unpaired) electrons. The molecule has 11 nitrogen and oxygen atoms in total. The minimum Gasteiger partial charge on any atom is -0.465 e. The molecule has 12 heteroatoms. The lowest BCUT2D eigenvalue weighted by Crippen LogP contribution is -2.43. The van der Waals surface area contributed by atoms with Crippen molar-refractivity contribution in [1.29, 1.82) is 0 Å². The summed E-state index contributed by atoms with van der Waals surface area (Å²) in [5, 5.41) is 10.4. The number of aromatic nitrogens is 4. The zero-order valence-corrected chi connectivity index (χ0v) is 31.7. The van der Waals surface area contributed by atoms with Gasteiger partial charge < -0.3 is 24.9 Å². The number of carbonyl (C=O) groups is 3. The quantitative estimate of drug-likeness (QED) is 0.128. The van der Waals surface area contributed by atoms with Gasteiger partial charge in [0.15, 0.2) is 0 Å². The number of hydrogen-bond acceptors (Lipinski definition) is 5. The van der Waals surface area contributed by atoms with E-state index in [1.807, 2.05) is 65.7 Å². The van der Waals surface area contributed by atoms with Gasteiger partial charge in [0.1, 0.15) is 17.7 Å². The highest BCUT2D eigenvalue weighted by molar-refractivity contribution is 6.30. The molecule has 4 aromatic carbocycles. The molecule has 8 rings (SSSR count). The molecule has 2 aromatic heterocycles. The smallest absolute Gasteiger partial charge is 0.407 e. The summed E-state index contributed by atoms with van der Waals surface area (Å²) in [6, 6.07) is 31.7. The summed E-state index contributed by atoms with van der Waals surface area (Å²) in [5.74, 6) is 1.31. The van der Waals surface area contributed by atoms with Crippen molar-refractivity contribution in [3.63, 3.8) is 0 Å². The summed E-state index contributed by atoms with van der Waals surface area (Å²) in [6.45, 7) is 1.24. The van der Waals surface area contributed by atoms with Crippen LogP contribution in [0.3, 0.4) is 0 Å². The van der Waals surface area contributed by atoms with Crippen LogP contribution in [0, 0.1) is 0 Å². The van der Waals surface area contributed by atoms with E-state index >= 15 is 0 Å². The second-order valence-corrected chi connectivity index (χ2v) is 14.9. The Balaban J connectivity index is 0.923. The lowest BCUT2D eigenvalue weighted by molar-refractivity contribution is -0.137. The molecule has 0 bridgehead atoms. The van der Waals surface area contributed by atoms with Gasteiger partial charge in [-0.3, -0.25) is 14.5 Å². The normalized spacial score (nSPS) is 17.2. The van der Waals surface area contributed by atoms with Crippen LogP contribution >= 0.6 is 11.6 Å². The minimum absolute atomic E-state index is 0.0790. The lowest BCUT2D eigenvalue weighted by Gasteiger charge is -2.32. The van der Waals surface area contributed by atoms with Crippen molar-refractivity contribution in [3.8, 4) is 33.6 Å². The molecule has 56 heavy (non-hydrogen) atoms. The van der Waals surface area contributed by atoms with Gasteiger partial charge in [0, 0.05) is 25.2 Å². The topological polar surface area (TPSA) is 139 Å². The number of imidazole rings is 2. The first-order valence-electron chi connectivity index (χ1n) is 18.9. The number of halogens is 1. The number of hydrogen-bond donors (Lipinski definition) is 3. The Bertz CT molecular complexity index is 2320. The van der Waals surface area contributed by atoms with Crippen molar-refractivity contribution < 1.29 is 19.5 Å². The summed E-state index contributed by atoms with van der Waals surface area (Å²) in [7, 11) is 1.43. The second-order valence-electron chi connectivity index (χ2n) is 14.5. The fourth-order valence-corrected chi connectivity index (χ4v) is 8.09. The minimum atomic E-state index is -1.16. The van der Waals surface area contributed by atoms with E-state index in [1.54, 1.807) is 23.2 Å². The number of benzene rings is 4. The Morgan fingerprint density at radius 2 is 1.23 bits per heavy atom. The fraction of sp³-hybridized carbons (Fsp3) is 0.250. The van der Waals surface area contributed by atoms with E-state index in [2.05, 4.69) is 51.4 Å². The summed E-state index contributed by atoms with van der Waals surface area (Å²) < 4.78 is 0. The summed E-state index contributed by atoms with van der Waals surface area (Å²) in [4.78, 5) is 60.2. The molecule has 6 aromatic rings. The molecule has 2 fully saturated rings. The van der Waals surface area contributed by atoms with E-state index < -0.39 is 12.1 Å². The van der Waals surface area contributed by atoms with Crippen molar-refractivity contribution in [2.45, 2.75) is 50.2 Å². The molecule has 3 amide bonds. The number of rotatable bonds is 10. The average molecular weight is 768 g/mol. The Kier molecular flexibility index (Phi) is 10.4.